The van der Waals surface area contributed by atoms with Gasteiger partial charge in [0.1, 0.15) is 5.75 Å². The third kappa shape index (κ3) is 7.14. The number of carbonyl (C=O) groups excluding carboxylic acids is 2. The van der Waals surface area contributed by atoms with E-state index in [4.69, 9.17) is 4.74 Å². The third-order valence-electron chi connectivity index (χ3n) is 7.60. The van der Waals surface area contributed by atoms with Gasteiger partial charge >= 0.3 is 0 Å². The molecule has 0 spiro atoms. The lowest BCUT2D eigenvalue weighted by Gasteiger charge is -2.35. The van der Waals surface area contributed by atoms with E-state index in [9.17, 15) is 9.59 Å². The van der Waals surface area contributed by atoms with E-state index in [1.807, 2.05) is 48.7 Å². The van der Waals surface area contributed by atoms with Crippen molar-refractivity contribution in [2.75, 3.05) is 47.4 Å². The van der Waals surface area contributed by atoms with Gasteiger partial charge in [-0.15, -0.1) is 0 Å². The lowest BCUT2D eigenvalue weighted by atomic mass is 10.0. The minimum absolute atomic E-state index is 0.000983. The highest BCUT2D eigenvalue weighted by Crippen LogP contribution is 2.22. The second-order valence-corrected chi connectivity index (χ2v) is 10.5. The summed E-state index contributed by atoms with van der Waals surface area (Å²) < 4.78 is 5.52. The highest BCUT2D eigenvalue weighted by atomic mass is 16.5. The normalized spacial score (nSPS) is 15.5. The lowest BCUT2D eigenvalue weighted by molar-refractivity contribution is -0.131. The molecule has 8 heteroatoms. The fraction of sp³-hybridized carbons (Fsp3) is 0.467. The van der Waals surface area contributed by atoms with E-state index in [0.29, 0.717) is 32.1 Å². The van der Waals surface area contributed by atoms with Gasteiger partial charge < -0.3 is 24.8 Å². The highest BCUT2D eigenvalue weighted by molar-refractivity contribution is 5.83. The fourth-order valence-corrected chi connectivity index (χ4v) is 5.41. The van der Waals surface area contributed by atoms with E-state index in [2.05, 4.69) is 40.3 Å². The van der Waals surface area contributed by atoms with Crippen LogP contribution >= 0.6 is 0 Å². The molecule has 8 nitrogen and oxygen atoms in total. The van der Waals surface area contributed by atoms with Crippen LogP contribution in [0, 0.1) is 0 Å². The van der Waals surface area contributed by atoms with Gasteiger partial charge in [-0.1, -0.05) is 36.4 Å². The summed E-state index contributed by atoms with van der Waals surface area (Å²) in [5.74, 6) is 0.705. The molecular formula is C30H41N5O3. The SMILES string of the molecule is COc1ccccc1CN(CC(Cc1c[nH]c2ccccc12)NC(=O)CN1CCC(N(C)C)CC1)C(C)=O. The van der Waals surface area contributed by atoms with Crippen LogP contribution in [0.4, 0.5) is 0 Å². The Morgan fingerprint density at radius 1 is 1.08 bits per heavy atom. The number of ether oxygens (including phenoxy) is 1. The van der Waals surface area contributed by atoms with Crippen molar-refractivity contribution in [3.05, 3.63) is 65.9 Å². The fourth-order valence-electron chi connectivity index (χ4n) is 5.41. The molecule has 3 aromatic rings. The molecule has 204 valence electrons. The number of benzene rings is 2. The predicted octanol–water partition coefficient (Wildman–Crippen LogP) is 3.28. The van der Waals surface area contributed by atoms with Gasteiger partial charge in [-0.3, -0.25) is 14.5 Å². The monoisotopic (exact) mass is 519 g/mol. The Morgan fingerprint density at radius 3 is 2.50 bits per heavy atom. The Balaban J connectivity index is 1.49. The number of likely N-dealkylation sites (tertiary alicyclic amines) is 1. The summed E-state index contributed by atoms with van der Waals surface area (Å²) in [6.45, 7) is 4.60. The molecule has 1 saturated heterocycles. The van der Waals surface area contributed by atoms with E-state index in [1.54, 1.807) is 18.9 Å². The summed E-state index contributed by atoms with van der Waals surface area (Å²) in [6.07, 6.45) is 4.76. The van der Waals surface area contributed by atoms with Crippen molar-refractivity contribution in [2.24, 2.45) is 0 Å². The second kappa shape index (κ2) is 12.9. The number of para-hydroxylation sites is 2. The summed E-state index contributed by atoms with van der Waals surface area (Å²) in [4.78, 5) is 35.6. The smallest absolute Gasteiger partial charge is 0.234 e. The van der Waals surface area contributed by atoms with Crippen LogP contribution in [-0.2, 0) is 22.6 Å². The van der Waals surface area contributed by atoms with Gasteiger partial charge in [-0.2, -0.15) is 0 Å². The standard InChI is InChI=1S/C30H41N5O3/c1-22(36)35(19-23-9-5-8-12-29(23)38-4)20-25(17-24-18-31-28-11-7-6-10-27(24)28)32-30(37)21-34-15-13-26(14-16-34)33(2)3/h5-12,18,25-26,31H,13-17,19-21H2,1-4H3,(H,32,37). The van der Waals surface area contributed by atoms with Crippen LogP contribution in [0.5, 0.6) is 5.75 Å². The van der Waals surface area contributed by atoms with Gasteiger partial charge in [0, 0.05) is 61.8 Å². The molecule has 1 aliphatic rings. The Labute approximate surface area is 225 Å². The molecule has 2 N–H and O–H groups in total. The lowest BCUT2D eigenvalue weighted by Crippen LogP contribution is -2.50. The number of carbonyl (C=O) groups is 2. The van der Waals surface area contributed by atoms with Gasteiger partial charge in [-0.05, 0) is 51.1 Å². The Hall–Kier alpha value is -3.36. The molecule has 1 fully saturated rings. The minimum atomic E-state index is -0.236. The molecule has 38 heavy (non-hydrogen) atoms. The van der Waals surface area contributed by atoms with E-state index < -0.39 is 0 Å². The number of hydrogen-bond donors (Lipinski definition) is 2. The van der Waals surface area contributed by atoms with Crippen molar-refractivity contribution in [1.82, 2.24) is 25.0 Å². The molecule has 1 aromatic heterocycles. The van der Waals surface area contributed by atoms with Crippen molar-refractivity contribution in [2.45, 2.75) is 44.8 Å². The number of rotatable bonds is 11. The van der Waals surface area contributed by atoms with Crippen LogP contribution in [0.15, 0.2) is 54.7 Å². The Kier molecular flexibility index (Phi) is 9.42. The molecule has 2 aromatic carbocycles. The summed E-state index contributed by atoms with van der Waals surface area (Å²) in [7, 11) is 5.88. The maximum Gasteiger partial charge on any atom is 0.234 e. The number of methoxy groups -OCH3 is 1. The zero-order valence-corrected chi connectivity index (χ0v) is 23.1. The molecular weight excluding hydrogens is 478 g/mol. The number of amides is 2. The van der Waals surface area contributed by atoms with Crippen molar-refractivity contribution >= 4 is 22.7 Å². The predicted molar refractivity (Wildman–Crippen MR) is 151 cm³/mol. The summed E-state index contributed by atoms with van der Waals surface area (Å²) >= 11 is 0. The number of aromatic amines is 1. The molecule has 1 atom stereocenters. The van der Waals surface area contributed by atoms with Crippen LogP contribution in [0.2, 0.25) is 0 Å². The first-order chi connectivity index (χ1) is 18.3. The molecule has 1 unspecified atom stereocenters. The first kappa shape index (κ1) is 27.7. The molecule has 2 heterocycles. The largest absolute Gasteiger partial charge is 0.496 e. The molecule has 4 rings (SSSR count). The average molecular weight is 520 g/mol. The number of nitrogens with zero attached hydrogens (tertiary/aromatic N) is 3. The topological polar surface area (TPSA) is 80.9 Å². The van der Waals surface area contributed by atoms with Crippen LogP contribution in [0.1, 0.15) is 30.9 Å². The highest BCUT2D eigenvalue weighted by Gasteiger charge is 2.25. The molecule has 1 aliphatic heterocycles. The van der Waals surface area contributed by atoms with Crippen molar-refractivity contribution < 1.29 is 14.3 Å². The number of piperidine rings is 1. The van der Waals surface area contributed by atoms with E-state index >= 15 is 0 Å². The first-order valence-electron chi connectivity index (χ1n) is 13.4. The maximum absolute atomic E-state index is 13.2. The van der Waals surface area contributed by atoms with Crippen LogP contribution in [0.3, 0.4) is 0 Å². The zero-order valence-electron chi connectivity index (χ0n) is 23.1. The molecule has 2 amide bonds. The van der Waals surface area contributed by atoms with Gasteiger partial charge in [0.05, 0.1) is 19.7 Å². The summed E-state index contributed by atoms with van der Waals surface area (Å²) in [5, 5.41) is 4.41. The Bertz CT molecular complexity index is 1220. The molecule has 0 aliphatic carbocycles. The van der Waals surface area contributed by atoms with Crippen molar-refractivity contribution in [3.63, 3.8) is 0 Å². The number of fused-ring (bicyclic) bond motifs is 1. The number of hydrogen-bond acceptors (Lipinski definition) is 5. The quantitative estimate of drug-likeness (QED) is 0.407. The molecule has 0 saturated carbocycles. The summed E-state index contributed by atoms with van der Waals surface area (Å²) in [5.41, 5.74) is 3.12. The maximum atomic E-state index is 13.2. The minimum Gasteiger partial charge on any atom is -0.496 e. The van der Waals surface area contributed by atoms with E-state index in [1.165, 1.54) is 0 Å². The Morgan fingerprint density at radius 2 is 1.79 bits per heavy atom. The van der Waals surface area contributed by atoms with Crippen molar-refractivity contribution in [1.29, 1.82) is 0 Å². The van der Waals surface area contributed by atoms with Crippen LogP contribution in [0.25, 0.3) is 10.9 Å². The first-order valence-corrected chi connectivity index (χ1v) is 13.4. The van der Waals surface area contributed by atoms with Gasteiger partial charge in [-0.25, -0.2) is 0 Å². The number of H-pyrrole nitrogens is 1. The van der Waals surface area contributed by atoms with E-state index in [0.717, 1.165) is 53.7 Å². The summed E-state index contributed by atoms with van der Waals surface area (Å²) in [6, 6.07) is 16.2. The van der Waals surface area contributed by atoms with E-state index in [-0.39, 0.29) is 17.9 Å². The second-order valence-electron chi connectivity index (χ2n) is 10.5. The molecule has 0 radical (unpaired) electrons. The molecule has 0 bridgehead atoms. The number of aromatic nitrogens is 1. The van der Waals surface area contributed by atoms with Crippen LogP contribution < -0.4 is 10.1 Å². The van der Waals surface area contributed by atoms with Crippen LogP contribution in [-0.4, -0.2) is 91.0 Å². The average Bonchev–Trinajstić information content (AvgIpc) is 3.31. The van der Waals surface area contributed by atoms with Crippen molar-refractivity contribution in [3.8, 4) is 5.75 Å². The third-order valence-corrected chi connectivity index (χ3v) is 7.60. The number of nitrogens with one attached hydrogen (secondary N) is 2. The van der Waals surface area contributed by atoms with Gasteiger partial charge in [0.15, 0.2) is 0 Å². The van der Waals surface area contributed by atoms with Gasteiger partial charge in [0.2, 0.25) is 11.8 Å². The van der Waals surface area contributed by atoms with Gasteiger partial charge in [0.25, 0.3) is 0 Å². The zero-order chi connectivity index (χ0) is 27.1.